The van der Waals surface area contributed by atoms with Gasteiger partial charge in [0.2, 0.25) is 0 Å². The first-order valence-electron chi connectivity index (χ1n) is 10.2. The predicted molar refractivity (Wildman–Crippen MR) is 113 cm³/mol. The van der Waals surface area contributed by atoms with E-state index in [9.17, 15) is 4.79 Å². The average Bonchev–Trinajstić information content (AvgIpc) is 2.78. The van der Waals surface area contributed by atoms with Gasteiger partial charge in [0, 0.05) is 38.5 Å². The van der Waals surface area contributed by atoms with Crippen molar-refractivity contribution in [2.75, 3.05) is 47.0 Å². The summed E-state index contributed by atoms with van der Waals surface area (Å²) in [7, 11) is 3.39. The zero-order valence-corrected chi connectivity index (χ0v) is 17.4. The summed E-state index contributed by atoms with van der Waals surface area (Å²) in [5.41, 5.74) is 1.72. The second kappa shape index (κ2) is 10.9. The van der Waals surface area contributed by atoms with E-state index in [0.717, 1.165) is 44.8 Å². The number of ether oxygens (including phenoxy) is 2. The third kappa shape index (κ3) is 6.02. The van der Waals surface area contributed by atoms with Gasteiger partial charge in [-0.05, 0) is 50.0 Å². The van der Waals surface area contributed by atoms with E-state index < -0.39 is 0 Å². The van der Waals surface area contributed by atoms with Gasteiger partial charge in [-0.2, -0.15) is 0 Å². The van der Waals surface area contributed by atoms with Crippen LogP contribution in [0.4, 0.5) is 0 Å². The van der Waals surface area contributed by atoms with E-state index in [2.05, 4.69) is 22.0 Å². The van der Waals surface area contributed by atoms with Crippen LogP contribution >= 0.6 is 0 Å². The number of aromatic nitrogens is 1. The van der Waals surface area contributed by atoms with E-state index >= 15 is 0 Å². The number of hydrogen-bond acceptors (Lipinski definition) is 5. The number of likely N-dealkylation sites (tertiary alicyclic amines) is 1. The van der Waals surface area contributed by atoms with Crippen molar-refractivity contribution in [3.05, 3.63) is 59.9 Å². The summed E-state index contributed by atoms with van der Waals surface area (Å²) in [6.45, 7) is 4.83. The third-order valence-corrected chi connectivity index (χ3v) is 5.51. The van der Waals surface area contributed by atoms with Gasteiger partial charge in [-0.1, -0.05) is 24.3 Å². The molecule has 1 aromatic heterocycles. The number of carbonyl (C=O) groups excluding carboxylic acids is 1. The highest BCUT2D eigenvalue weighted by Gasteiger charge is 2.25. The van der Waals surface area contributed by atoms with Crippen molar-refractivity contribution in [1.29, 1.82) is 0 Å². The van der Waals surface area contributed by atoms with Crippen LogP contribution in [-0.4, -0.2) is 67.7 Å². The summed E-state index contributed by atoms with van der Waals surface area (Å²) in [6, 6.07) is 13.7. The van der Waals surface area contributed by atoms with Crippen LogP contribution in [0.25, 0.3) is 0 Å². The van der Waals surface area contributed by atoms with Gasteiger partial charge in [0.1, 0.15) is 11.4 Å². The molecule has 1 aliphatic heterocycles. The monoisotopic (exact) mass is 397 g/mol. The summed E-state index contributed by atoms with van der Waals surface area (Å²) in [5, 5.41) is 0. The molecule has 0 atom stereocenters. The van der Waals surface area contributed by atoms with E-state index in [1.165, 1.54) is 5.56 Å². The molecule has 0 N–H and O–H groups in total. The van der Waals surface area contributed by atoms with Crippen LogP contribution in [0.3, 0.4) is 0 Å². The van der Waals surface area contributed by atoms with Crippen molar-refractivity contribution in [3.63, 3.8) is 0 Å². The number of methoxy groups -OCH3 is 2. The fraction of sp³-hybridized carbons (Fsp3) is 0.478. The van der Waals surface area contributed by atoms with E-state index in [1.807, 2.05) is 29.2 Å². The van der Waals surface area contributed by atoms with Crippen LogP contribution < -0.4 is 4.74 Å². The molecular weight excluding hydrogens is 366 g/mol. The normalized spacial score (nSPS) is 15.2. The Bertz CT molecular complexity index is 761. The SMILES string of the molecule is COCCN(CC1CCN(Cc2ccccc2OC)CC1)C(=O)c1ccccn1. The van der Waals surface area contributed by atoms with Crippen molar-refractivity contribution in [2.45, 2.75) is 19.4 Å². The maximum atomic E-state index is 12.9. The Balaban J connectivity index is 1.55. The molecule has 1 aliphatic rings. The van der Waals surface area contributed by atoms with Gasteiger partial charge in [-0.15, -0.1) is 0 Å². The highest BCUT2D eigenvalue weighted by molar-refractivity contribution is 5.92. The Morgan fingerprint density at radius 1 is 1.14 bits per heavy atom. The second-order valence-corrected chi connectivity index (χ2v) is 7.49. The quantitative estimate of drug-likeness (QED) is 0.651. The van der Waals surface area contributed by atoms with Gasteiger partial charge in [0.25, 0.3) is 5.91 Å². The van der Waals surface area contributed by atoms with Crippen molar-refractivity contribution in [1.82, 2.24) is 14.8 Å². The van der Waals surface area contributed by atoms with Crippen LogP contribution in [0.5, 0.6) is 5.75 Å². The minimum atomic E-state index is -0.0147. The Labute approximate surface area is 173 Å². The number of benzene rings is 1. The molecule has 0 aliphatic carbocycles. The standard InChI is InChI=1S/C23H31N3O3/c1-28-16-15-26(23(27)21-8-5-6-12-24-21)17-19-10-13-25(14-11-19)18-20-7-3-4-9-22(20)29-2/h3-9,12,19H,10-11,13-18H2,1-2H3. The molecule has 1 aromatic carbocycles. The van der Waals surface area contributed by atoms with Crippen molar-refractivity contribution in [2.24, 2.45) is 5.92 Å². The molecule has 1 amide bonds. The van der Waals surface area contributed by atoms with Gasteiger partial charge in [-0.25, -0.2) is 0 Å². The molecule has 156 valence electrons. The molecule has 29 heavy (non-hydrogen) atoms. The molecule has 0 radical (unpaired) electrons. The average molecular weight is 398 g/mol. The zero-order valence-electron chi connectivity index (χ0n) is 17.4. The van der Waals surface area contributed by atoms with E-state index in [0.29, 0.717) is 24.8 Å². The molecule has 2 aromatic rings. The van der Waals surface area contributed by atoms with Crippen molar-refractivity contribution in [3.8, 4) is 5.75 Å². The first kappa shape index (κ1) is 21.3. The Morgan fingerprint density at radius 2 is 1.90 bits per heavy atom. The molecule has 2 heterocycles. The van der Waals surface area contributed by atoms with Crippen molar-refractivity contribution >= 4 is 5.91 Å². The lowest BCUT2D eigenvalue weighted by Gasteiger charge is -2.35. The lowest BCUT2D eigenvalue weighted by atomic mass is 9.95. The maximum absolute atomic E-state index is 12.9. The highest BCUT2D eigenvalue weighted by Crippen LogP contribution is 2.24. The van der Waals surface area contributed by atoms with Crippen LogP contribution in [0.15, 0.2) is 48.7 Å². The molecule has 3 rings (SSSR count). The Morgan fingerprint density at radius 3 is 2.59 bits per heavy atom. The number of piperidine rings is 1. The molecule has 0 saturated carbocycles. The largest absolute Gasteiger partial charge is 0.496 e. The number of para-hydroxylation sites is 1. The summed E-state index contributed by atoms with van der Waals surface area (Å²) < 4.78 is 10.7. The minimum Gasteiger partial charge on any atom is -0.496 e. The number of carbonyl (C=O) groups is 1. The first-order chi connectivity index (χ1) is 14.2. The van der Waals surface area contributed by atoms with E-state index in [4.69, 9.17) is 9.47 Å². The molecule has 6 heteroatoms. The second-order valence-electron chi connectivity index (χ2n) is 7.49. The van der Waals surface area contributed by atoms with Gasteiger partial charge in [0.05, 0.1) is 13.7 Å². The first-order valence-corrected chi connectivity index (χ1v) is 10.2. The minimum absolute atomic E-state index is 0.0147. The Kier molecular flexibility index (Phi) is 8.02. The predicted octanol–water partition coefficient (Wildman–Crippen LogP) is 3.09. The van der Waals surface area contributed by atoms with Crippen molar-refractivity contribution < 1.29 is 14.3 Å². The molecule has 0 spiro atoms. The number of pyridine rings is 1. The van der Waals surface area contributed by atoms with Crippen LogP contribution in [0.1, 0.15) is 28.9 Å². The molecule has 6 nitrogen and oxygen atoms in total. The summed E-state index contributed by atoms with van der Waals surface area (Å²) in [6.07, 6.45) is 3.82. The molecule has 0 bridgehead atoms. The fourth-order valence-electron chi connectivity index (χ4n) is 3.84. The van der Waals surface area contributed by atoms with Gasteiger partial charge in [-0.3, -0.25) is 14.7 Å². The van der Waals surface area contributed by atoms with Crippen LogP contribution in [0, 0.1) is 5.92 Å². The molecule has 0 unspecified atom stereocenters. The smallest absolute Gasteiger partial charge is 0.272 e. The van der Waals surface area contributed by atoms with Gasteiger partial charge >= 0.3 is 0 Å². The van der Waals surface area contributed by atoms with E-state index in [-0.39, 0.29) is 5.91 Å². The number of hydrogen-bond donors (Lipinski definition) is 0. The molecule has 1 saturated heterocycles. The molecule has 1 fully saturated rings. The maximum Gasteiger partial charge on any atom is 0.272 e. The Hall–Kier alpha value is -2.44. The summed E-state index contributed by atoms with van der Waals surface area (Å²) in [5.74, 6) is 1.42. The molecular formula is C23H31N3O3. The lowest BCUT2D eigenvalue weighted by Crippen LogP contribution is -2.42. The number of rotatable bonds is 9. The van der Waals surface area contributed by atoms with Crippen LogP contribution in [-0.2, 0) is 11.3 Å². The number of nitrogens with zero attached hydrogens (tertiary/aromatic N) is 3. The summed E-state index contributed by atoms with van der Waals surface area (Å²) in [4.78, 5) is 21.5. The highest BCUT2D eigenvalue weighted by atomic mass is 16.5. The van der Waals surface area contributed by atoms with Crippen LogP contribution in [0.2, 0.25) is 0 Å². The zero-order chi connectivity index (χ0) is 20.5. The van der Waals surface area contributed by atoms with Gasteiger partial charge in [0.15, 0.2) is 0 Å². The third-order valence-electron chi connectivity index (χ3n) is 5.51. The lowest BCUT2D eigenvalue weighted by molar-refractivity contribution is 0.0612. The van der Waals surface area contributed by atoms with Gasteiger partial charge < -0.3 is 14.4 Å². The van der Waals surface area contributed by atoms with E-state index in [1.54, 1.807) is 26.5 Å². The topological polar surface area (TPSA) is 54.9 Å². The number of amides is 1. The fourth-order valence-corrected chi connectivity index (χ4v) is 3.84. The summed E-state index contributed by atoms with van der Waals surface area (Å²) >= 11 is 0.